The monoisotopic (exact) mass is 508 g/mol. The molecule has 1 amide bonds. The predicted octanol–water partition coefficient (Wildman–Crippen LogP) is 3.09. The number of sulfonamides is 1. The number of rotatable bonds is 7. The molecule has 1 heterocycles. The van der Waals surface area contributed by atoms with Gasteiger partial charge in [0.15, 0.2) is 0 Å². The minimum atomic E-state index is -3.57. The molecule has 1 fully saturated rings. The van der Waals surface area contributed by atoms with Crippen LogP contribution in [0.2, 0.25) is 5.02 Å². The number of anilines is 1. The summed E-state index contributed by atoms with van der Waals surface area (Å²) in [6.45, 7) is 0.375. The standard InChI is InChI=1S/C23H25ClN2O7S/c1-32-22(28)17-6-7-19(23(29)33-2)20(13-17)25-21(27)16-8-10-26(11-9-16)34(30,31)14-15-4-3-5-18(24)12-15/h3-7,12-13,16H,8-11,14H2,1-2H3,(H,25,27). The lowest BCUT2D eigenvalue weighted by atomic mass is 9.97. The van der Waals surface area contributed by atoms with Crippen molar-refractivity contribution in [2.45, 2.75) is 18.6 Å². The van der Waals surface area contributed by atoms with Crippen LogP contribution in [0, 0.1) is 5.92 Å². The van der Waals surface area contributed by atoms with Crippen LogP contribution in [0.1, 0.15) is 39.1 Å². The number of nitrogens with one attached hydrogen (secondary N) is 1. The zero-order valence-corrected chi connectivity index (χ0v) is 20.3. The van der Waals surface area contributed by atoms with Gasteiger partial charge in [-0.15, -0.1) is 0 Å². The van der Waals surface area contributed by atoms with Crippen molar-refractivity contribution in [3.63, 3.8) is 0 Å². The number of amides is 1. The Labute approximate surface area is 203 Å². The maximum Gasteiger partial charge on any atom is 0.339 e. The summed E-state index contributed by atoms with van der Waals surface area (Å²) in [5, 5.41) is 3.15. The van der Waals surface area contributed by atoms with Crippen molar-refractivity contribution in [3.05, 3.63) is 64.2 Å². The van der Waals surface area contributed by atoms with E-state index in [1.807, 2.05) is 0 Å². The molecule has 2 aromatic carbocycles. The van der Waals surface area contributed by atoms with Gasteiger partial charge in [0.2, 0.25) is 15.9 Å². The number of hydrogen-bond acceptors (Lipinski definition) is 7. The molecule has 0 saturated carbocycles. The highest BCUT2D eigenvalue weighted by Gasteiger charge is 2.32. The predicted molar refractivity (Wildman–Crippen MR) is 126 cm³/mol. The van der Waals surface area contributed by atoms with E-state index in [0.717, 1.165) is 0 Å². The first-order chi connectivity index (χ1) is 16.1. The Bertz CT molecular complexity index is 1190. The van der Waals surface area contributed by atoms with Crippen LogP contribution in [0.4, 0.5) is 5.69 Å². The fourth-order valence-electron chi connectivity index (χ4n) is 3.74. The van der Waals surface area contributed by atoms with Crippen LogP contribution in [-0.4, -0.2) is 57.9 Å². The van der Waals surface area contributed by atoms with Gasteiger partial charge in [0.25, 0.3) is 0 Å². The molecule has 1 aliphatic heterocycles. The highest BCUT2D eigenvalue weighted by molar-refractivity contribution is 7.88. The van der Waals surface area contributed by atoms with E-state index < -0.39 is 27.9 Å². The zero-order valence-electron chi connectivity index (χ0n) is 18.7. The van der Waals surface area contributed by atoms with E-state index in [1.54, 1.807) is 24.3 Å². The molecule has 3 rings (SSSR count). The van der Waals surface area contributed by atoms with Gasteiger partial charge in [0.1, 0.15) is 0 Å². The molecule has 0 aliphatic carbocycles. The van der Waals surface area contributed by atoms with Crippen molar-refractivity contribution in [3.8, 4) is 0 Å². The minimum absolute atomic E-state index is 0.0880. The largest absolute Gasteiger partial charge is 0.465 e. The van der Waals surface area contributed by atoms with Crippen molar-refractivity contribution < 1.29 is 32.3 Å². The lowest BCUT2D eigenvalue weighted by Gasteiger charge is -2.30. The van der Waals surface area contributed by atoms with Crippen LogP contribution < -0.4 is 5.32 Å². The number of nitrogens with zero attached hydrogens (tertiary/aromatic N) is 1. The van der Waals surface area contributed by atoms with E-state index in [9.17, 15) is 22.8 Å². The molecule has 182 valence electrons. The Morgan fingerprint density at radius 1 is 1.03 bits per heavy atom. The molecule has 1 aliphatic rings. The molecular weight excluding hydrogens is 484 g/mol. The lowest BCUT2D eigenvalue weighted by Crippen LogP contribution is -2.42. The summed E-state index contributed by atoms with van der Waals surface area (Å²) in [4.78, 5) is 36.9. The number of halogens is 1. The van der Waals surface area contributed by atoms with Crippen molar-refractivity contribution >= 4 is 45.2 Å². The van der Waals surface area contributed by atoms with Crippen LogP contribution in [0.5, 0.6) is 0 Å². The molecule has 11 heteroatoms. The average Bonchev–Trinajstić information content (AvgIpc) is 2.82. The van der Waals surface area contributed by atoms with E-state index in [0.29, 0.717) is 23.4 Å². The molecule has 9 nitrogen and oxygen atoms in total. The number of benzene rings is 2. The second kappa shape index (κ2) is 11.0. The highest BCUT2D eigenvalue weighted by atomic mass is 35.5. The van der Waals surface area contributed by atoms with E-state index >= 15 is 0 Å². The fourth-order valence-corrected chi connectivity index (χ4v) is 5.50. The second-order valence-electron chi connectivity index (χ2n) is 7.79. The summed E-state index contributed by atoms with van der Waals surface area (Å²) in [6, 6.07) is 10.8. The SMILES string of the molecule is COC(=O)c1ccc(C(=O)OC)c(NC(=O)C2CCN(S(=O)(=O)Cc3cccc(Cl)c3)CC2)c1. The van der Waals surface area contributed by atoms with Crippen molar-refractivity contribution in [2.75, 3.05) is 32.6 Å². The van der Waals surface area contributed by atoms with Crippen LogP contribution in [0.3, 0.4) is 0 Å². The summed E-state index contributed by atoms with van der Waals surface area (Å²) < 4.78 is 36.4. The van der Waals surface area contributed by atoms with Gasteiger partial charge in [0.05, 0.1) is 36.8 Å². The number of ether oxygens (including phenoxy) is 2. The summed E-state index contributed by atoms with van der Waals surface area (Å²) in [5.41, 5.74) is 0.960. The molecule has 0 spiro atoms. The van der Waals surface area contributed by atoms with Crippen molar-refractivity contribution in [1.29, 1.82) is 0 Å². The molecule has 0 radical (unpaired) electrons. The van der Waals surface area contributed by atoms with E-state index in [2.05, 4.69) is 5.32 Å². The maximum atomic E-state index is 12.9. The molecule has 0 bridgehead atoms. The van der Waals surface area contributed by atoms with Gasteiger partial charge in [0, 0.05) is 24.0 Å². The van der Waals surface area contributed by atoms with Crippen molar-refractivity contribution in [2.24, 2.45) is 5.92 Å². The molecule has 0 atom stereocenters. The topological polar surface area (TPSA) is 119 Å². The van der Waals surface area contributed by atoms with E-state index in [1.165, 1.54) is 36.7 Å². The first kappa shape index (κ1) is 25.7. The lowest BCUT2D eigenvalue weighted by molar-refractivity contribution is -0.120. The number of carbonyl (C=O) groups is 3. The maximum absolute atomic E-state index is 12.9. The Morgan fingerprint density at radius 2 is 1.71 bits per heavy atom. The van der Waals surface area contributed by atoms with Gasteiger partial charge >= 0.3 is 11.9 Å². The van der Waals surface area contributed by atoms with Gasteiger partial charge in [-0.05, 0) is 48.7 Å². The summed E-state index contributed by atoms with van der Waals surface area (Å²) in [6.07, 6.45) is 0.621. The van der Waals surface area contributed by atoms with E-state index in [-0.39, 0.29) is 41.6 Å². The van der Waals surface area contributed by atoms with E-state index in [4.69, 9.17) is 21.1 Å². The quantitative estimate of drug-likeness (QED) is 0.571. The van der Waals surface area contributed by atoms with Crippen LogP contribution in [0.15, 0.2) is 42.5 Å². The first-order valence-corrected chi connectivity index (χ1v) is 12.5. The summed E-state index contributed by atoms with van der Waals surface area (Å²) in [7, 11) is -1.13. The molecule has 0 aromatic heterocycles. The third-order valence-corrected chi connectivity index (χ3v) is 7.65. The third-order valence-electron chi connectivity index (χ3n) is 5.56. The molecule has 2 aromatic rings. The fraction of sp³-hybridized carbons (Fsp3) is 0.348. The minimum Gasteiger partial charge on any atom is -0.465 e. The highest BCUT2D eigenvalue weighted by Crippen LogP contribution is 2.26. The number of esters is 2. The molecule has 34 heavy (non-hydrogen) atoms. The summed E-state index contributed by atoms with van der Waals surface area (Å²) >= 11 is 5.95. The molecule has 1 N–H and O–H groups in total. The van der Waals surface area contributed by atoms with Gasteiger partial charge < -0.3 is 14.8 Å². The van der Waals surface area contributed by atoms with Gasteiger partial charge in [-0.3, -0.25) is 4.79 Å². The van der Waals surface area contributed by atoms with Crippen LogP contribution in [0.25, 0.3) is 0 Å². The average molecular weight is 509 g/mol. The normalized spacial score (nSPS) is 14.9. The first-order valence-electron chi connectivity index (χ1n) is 10.5. The molecule has 0 unspecified atom stereocenters. The number of carbonyl (C=O) groups excluding carboxylic acids is 3. The van der Waals surface area contributed by atoms with Gasteiger partial charge in [-0.25, -0.2) is 22.3 Å². The number of piperidine rings is 1. The molecule has 1 saturated heterocycles. The Balaban J connectivity index is 1.67. The van der Waals surface area contributed by atoms with Crippen LogP contribution in [-0.2, 0) is 30.0 Å². The third kappa shape index (κ3) is 6.13. The molecular formula is C23H25ClN2O7S. The number of hydrogen-bond donors (Lipinski definition) is 1. The summed E-state index contributed by atoms with van der Waals surface area (Å²) in [5.74, 6) is -2.31. The smallest absolute Gasteiger partial charge is 0.339 e. The zero-order chi connectivity index (χ0) is 24.9. The Kier molecular flexibility index (Phi) is 8.29. The van der Waals surface area contributed by atoms with Crippen molar-refractivity contribution in [1.82, 2.24) is 4.31 Å². The van der Waals surface area contributed by atoms with Gasteiger partial charge in [-0.1, -0.05) is 23.7 Å². The van der Waals surface area contributed by atoms with Crippen LogP contribution >= 0.6 is 11.6 Å². The Hall–Kier alpha value is -2.95. The number of methoxy groups -OCH3 is 2. The van der Waals surface area contributed by atoms with Gasteiger partial charge in [-0.2, -0.15) is 0 Å². The Morgan fingerprint density at radius 3 is 2.32 bits per heavy atom. The second-order valence-corrected chi connectivity index (χ2v) is 10.2.